The van der Waals surface area contributed by atoms with Crippen molar-refractivity contribution >= 4 is 33.0 Å². The third-order valence-corrected chi connectivity index (χ3v) is 3.82. The molecule has 3 N–H and O–H groups in total. The molecule has 1 aromatic carbocycles. The zero-order valence-electron chi connectivity index (χ0n) is 10.4. The first-order chi connectivity index (χ1) is 8.63. The molecule has 0 saturated carbocycles. The molecule has 0 aliphatic carbocycles. The van der Waals surface area contributed by atoms with Gasteiger partial charge in [-0.1, -0.05) is 18.2 Å². The highest BCUT2D eigenvalue weighted by Gasteiger charge is 2.17. The fraction of sp³-hybridized carbons (Fsp3) is 0.308. The fourth-order valence-electron chi connectivity index (χ4n) is 1.82. The van der Waals surface area contributed by atoms with E-state index >= 15 is 0 Å². The van der Waals surface area contributed by atoms with E-state index in [9.17, 15) is 4.79 Å². The molecule has 0 fully saturated rings. The Hall–Kier alpha value is -1.59. The first-order valence-electron chi connectivity index (χ1n) is 5.70. The van der Waals surface area contributed by atoms with Crippen molar-refractivity contribution in [3.05, 3.63) is 29.1 Å². The summed E-state index contributed by atoms with van der Waals surface area (Å²) in [5.74, 6) is -0.141. The third kappa shape index (κ3) is 2.47. The molecule has 1 unspecified atom stereocenters. The predicted molar refractivity (Wildman–Crippen MR) is 75.0 cm³/mol. The van der Waals surface area contributed by atoms with Crippen molar-refractivity contribution in [2.75, 3.05) is 19.5 Å². The minimum atomic E-state index is -0.141. The molecule has 1 heterocycles. The van der Waals surface area contributed by atoms with Gasteiger partial charge in [0.1, 0.15) is 4.88 Å². The Bertz CT molecular complexity index is 565. The van der Waals surface area contributed by atoms with Gasteiger partial charge in [-0.3, -0.25) is 4.79 Å². The lowest BCUT2D eigenvalue weighted by Crippen LogP contribution is -2.35. The van der Waals surface area contributed by atoms with E-state index in [1.807, 2.05) is 31.2 Å². The Morgan fingerprint density at radius 3 is 2.89 bits per heavy atom. The molecule has 1 aromatic heterocycles. The molecule has 4 nitrogen and oxygen atoms in total. The van der Waals surface area contributed by atoms with E-state index in [2.05, 4.69) is 5.32 Å². The van der Waals surface area contributed by atoms with E-state index in [1.54, 1.807) is 7.11 Å². The van der Waals surface area contributed by atoms with E-state index in [0.29, 0.717) is 17.2 Å². The molecule has 1 amide bonds. The molecule has 0 radical (unpaired) electrons. The normalized spacial score (nSPS) is 12.6. The average Bonchev–Trinajstić information content (AvgIpc) is 2.68. The lowest BCUT2D eigenvalue weighted by atomic mass is 10.2. The van der Waals surface area contributed by atoms with Crippen LogP contribution in [0.5, 0.6) is 0 Å². The number of thiophene rings is 1. The number of nitrogens with one attached hydrogen (secondary N) is 1. The van der Waals surface area contributed by atoms with Crippen LogP contribution in [-0.4, -0.2) is 25.7 Å². The van der Waals surface area contributed by atoms with Crippen LogP contribution in [0.4, 0.5) is 5.69 Å². The van der Waals surface area contributed by atoms with E-state index in [-0.39, 0.29) is 11.9 Å². The topological polar surface area (TPSA) is 64.3 Å². The predicted octanol–water partition coefficient (Wildman–Crippen LogP) is 2.25. The molecule has 0 spiro atoms. The fourth-order valence-corrected chi connectivity index (χ4v) is 2.84. The molecule has 96 valence electrons. The highest BCUT2D eigenvalue weighted by Crippen LogP contribution is 2.33. The van der Waals surface area contributed by atoms with Gasteiger partial charge in [0, 0.05) is 23.2 Å². The molecule has 0 bridgehead atoms. The number of ether oxygens (including phenoxy) is 1. The largest absolute Gasteiger partial charge is 0.397 e. The summed E-state index contributed by atoms with van der Waals surface area (Å²) in [6.07, 6.45) is 0. The summed E-state index contributed by atoms with van der Waals surface area (Å²) in [7, 11) is 1.61. The highest BCUT2D eigenvalue weighted by atomic mass is 32.1. The highest BCUT2D eigenvalue weighted by molar-refractivity contribution is 7.21. The lowest BCUT2D eigenvalue weighted by molar-refractivity contribution is 0.0910. The number of hydrogen-bond donors (Lipinski definition) is 2. The molecule has 0 aliphatic heterocycles. The number of nitrogen functional groups attached to an aromatic ring is 1. The molecule has 0 saturated heterocycles. The minimum Gasteiger partial charge on any atom is -0.397 e. The van der Waals surface area contributed by atoms with Crippen LogP contribution in [-0.2, 0) is 4.74 Å². The van der Waals surface area contributed by atoms with Crippen molar-refractivity contribution in [3.8, 4) is 0 Å². The second-order valence-electron chi connectivity index (χ2n) is 4.17. The van der Waals surface area contributed by atoms with Crippen molar-refractivity contribution in [1.82, 2.24) is 5.32 Å². The van der Waals surface area contributed by atoms with Crippen molar-refractivity contribution in [3.63, 3.8) is 0 Å². The summed E-state index contributed by atoms with van der Waals surface area (Å²) >= 11 is 1.41. The molecule has 18 heavy (non-hydrogen) atoms. The molecule has 2 aromatic rings. The summed E-state index contributed by atoms with van der Waals surface area (Å²) < 4.78 is 6.01. The number of methoxy groups -OCH3 is 1. The van der Waals surface area contributed by atoms with Gasteiger partial charge in [0.25, 0.3) is 5.91 Å². The van der Waals surface area contributed by atoms with Crippen LogP contribution >= 0.6 is 11.3 Å². The monoisotopic (exact) mass is 264 g/mol. The maximum atomic E-state index is 12.1. The van der Waals surface area contributed by atoms with Crippen LogP contribution in [0.15, 0.2) is 24.3 Å². The number of hydrogen-bond acceptors (Lipinski definition) is 4. The lowest BCUT2D eigenvalue weighted by Gasteiger charge is -2.11. The Labute approximate surface area is 110 Å². The van der Waals surface area contributed by atoms with Gasteiger partial charge in [0.15, 0.2) is 0 Å². The first kappa shape index (κ1) is 12.9. The van der Waals surface area contributed by atoms with E-state index in [4.69, 9.17) is 10.5 Å². The van der Waals surface area contributed by atoms with Crippen LogP contribution < -0.4 is 11.1 Å². The summed E-state index contributed by atoms with van der Waals surface area (Å²) in [5, 5.41) is 3.80. The van der Waals surface area contributed by atoms with Crippen molar-refractivity contribution in [2.24, 2.45) is 0 Å². The summed E-state index contributed by atoms with van der Waals surface area (Å²) in [5.41, 5.74) is 6.56. The van der Waals surface area contributed by atoms with Crippen molar-refractivity contribution in [1.29, 1.82) is 0 Å². The second-order valence-corrected chi connectivity index (χ2v) is 5.22. The number of carbonyl (C=O) groups is 1. The number of amides is 1. The van der Waals surface area contributed by atoms with Gasteiger partial charge < -0.3 is 15.8 Å². The Morgan fingerprint density at radius 2 is 2.22 bits per heavy atom. The Balaban J connectivity index is 2.25. The SMILES string of the molecule is COCC(C)NC(=O)c1sc2ccccc2c1N. The molecule has 0 aliphatic rings. The number of rotatable bonds is 4. The van der Waals surface area contributed by atoms with Crippen LogP contribution in [0.2, 0.25) is 0 Å². The first-order valence-corrected chi connectivity index (χ1v) is 6.52. The maximum Gasteiger partial charge on any atom is 0.263 e. The Kier molecular flexibility index (Phi) is 3.84. The summed E-state index contributed by atoms with van der Waals surface area (Å²) in [6.45, 7) is 2.38. The number of carbonyl (C=O) groups excluding carboxylic acids is 1. The van der Waals surface area contributed by atoms with Gasteiger partial charge >= 0.3 is 0 Å². The zero-order chi connectivity index (χ0) is 13.1. The molecule has 5 heteroatoms. The van der Waals surface area contributed by atoms with Gasteiger partial charge in [-0.25, -0.2) is 0 Å². The smallest absolute Gasteiger partial charge is 0.263 e. The molecular formula is C13H16N2O2S. The van der Waals surface area contributed by atoms with Gasteiger partial charge in [0.05, 0.1) is 12.3 Å². The maximum absolute atomic E-state index is 12.1. The number of fused-ring (bicyclic) bond motifs is 1. The number of anilines is 1. The average molecular weight is 264 g/mol. The van der Waals surface area contributed by atoms with Crippen LogP contribution in [0, 0.1) is 0 Å². The quantitative estimate of drug-likeness (QED) is 0.890. The number of nitrogens with two attached hydrogens (primary N) is 1. The standard InChI is InChI=1S/C13H16N2O2S/c1-8(7-17-2)15-13(16)12-11(14)9-5-3-4-6-10(9)18-12/h3-6,8H,7,14H2,1-2H3,(H,15,16). The summed E-state index contributed by atoms with van der Waals surface area (Å²) in [6, 6.07) is 7.71. The summed E-state index contributed by atoms with van der Waals surface area (Å²) in [4.78, 5) is 12.7. The van der Waals surface area contributed by atoms with Crippen LogP contribution in [0.25, 0.3) is 10.1 Å². The van der Waals surface area contributed by atoms with Gasteiger partial charge in [-0.2, -0.15) is 0 Å². The number of benzene rings is 1. The van der Waals surface area contributed by atoms with Gasteiger partial charge in [-0.05, 0) is 13.0 Å². The second kappa shape index (κ2) is 5.37. The van der Waals surface area contributed by atoms with E-state index in [0.717, 1.165) is 10.1 Å². The van der Waals surface area contributed by atoms with Crippen LogP contribution in [0.1, 0.15) is 16.6 Å². The molecule has 2 rings (SSSR count). The van der Waals surface area contributed by atoms with Crippen molar-refractivity contribution in [2.45, 2.75) is 13.0 Å². The third-order valence-electron chi connectivity index (χ3n) is 2.63. The zero-order valence-corrected chi connectivity index (χ0v) is 11.2. The van der Waals surface area contributed by atoms with Gasteiger partial charge in [0.2, 0.25) is 0 Å². The van der Waals surface area contributed by atoms with Gasteiger partial charge in [-0.15, -0.1) is 11.3 Å². The Morgan fingerprint density at radius 1 is 1.50 bits per heavy atom. The molecule has 1 atom stereocenters. The van der Waals surface area contributed by atoms with E-state index < -0.39 is 0 Å². The van der Waals surface area contributed by atoms with Crippen molar-refractivity contribution < 1.29 is 9.53 Å². The van der Waals surface area contributed by atoms with Crippen LogP contribution in [0.3, 0.4) is 0 Å². The minimum absolute atomic E-state index is 0.0351. The molecular weight excluding hydrogens is 248 g/mol. The van der Waals surface area contributed by atoms with E-state index in [1.165, 1.54) is 11.3 Å².